The lowest BCUT2D eigenvalue weighted by atomic mass is 10.0. The number of aromatic nitrogens is 2. The number of aliphatic hydroxyl groups is 1. The summed E-state index contributed by atoms with van der Waals surface area (Å²) in [6.45, 7) is 1.26. The number of halogens is 1. The smallest absolute Gasteiger partial charge is 0.268 e. The van der Waals surface area contributed by atoms with Gasteiger partial charge in [-0.3, -0.25) is 53.4 Å². The first-order valence-corrected chi connectivity index (χ1v) is 29.6. The molecule has 1 aliphatic heterocycles. The first-order valence-electron chi connectivity index (χ1n) is 29.6. The van der Waals surface area contributed by atoms with Crippen LogP contribution in [0.4, 0.5) is 4.39 Å². The molecule has 87 heavy (non-hydrogen) atoms. The number of amides is 10. The lowest BCUT2D eigenvalue weighted by Gasteiger charge is -2.30. The lowest BCUT2D eigenvalue weighted by Crippen LogP contribution is -2.60. The zero-order valence-electron chi connectivity index (χ0n) is 49.8. The number of carbonyl (C=O) groups excluding carboxylic acids is 10. The number of nitrogens with one attached hydrogen (secondary N) is 12. The highest BCUT2D eigenvalue weighted by molar-refractivity contribution is 6.02. The maximum Gasteiger partial charge on any atom is 0.268 e. The minimum Gasteiger partial charge on any atom is -0.389 e. The van der Waals surface area contributed by atoms with Crippen molar-refractivity contribution in [3.8, 4) is 0 Å². The van der Waals surface area contributed by atoms with E-state index in [1.165, 1.54) is 25.5 Å². The Labute approximate surface area is 506 Å². The highest BCUT2D eigenvalue weighted by Crippen LogP contribution is 2.23. The van der Waals surface area contributed by atoms with Crippen LogP contribution in [0.25, 0.3) is 0 Å². The summed E-state index contributed by atoms with van der Waals surface area (Å²) < 4.78 is 15.5. The minimum absolute atomic E-state index is 0.0227. The van der Waals surface area contributed by atoms with Gasteiger partial charge in [-0.25, -0.2) is 9.37 Å². The van der Waals surface area contributed by atoms with Crippen molar-refractivity contribution in [3.05, 3.63) is 30.0 Å². The number of hydrogen-bond donors (Lipinski definition) is 21. The summed E-state index contributed by atoms with van der Waals surface area (Å²) in [5.41, 5.74) is 45.4. The van der Waals surface area contributed by atoms with Crippen molar-refractivity contribution >= 4 is 65.0 Å². The van der Waals surface area contributed by atoms with Gasteiger partial charge in [0.1, 0.15) is 54.2 Å². The van der Waals surface area contributed by atoms with E-state index in [9.17, 15) is 53.1 Å². The van der Waals surface area contributed by atoms with Gasteiger partial charge >= 0.3 is 0 Å². The third-order valence-corrected chi connectivity index (χ3v) is 13.9. The monoisotopic (exact) mass is 1240 g/mol. The number of carbonyl (C=O) groups is 10. The van der Waals surface area contributed by atoms with E-state index in [1.807, 2.05) is 0 Å². The Balaban J connectivity index is 2.36. The fourth-order valence-electron chi connectivity index (χ4n) is 8.94. The Morgan fingerprint density at radius 1 is 0.690 bits per heavy atom. The standard InChI is InChI=1S/C53H97FN22O11/c1-31(69-51(86)43(41(77)26-60)75-45(80)34(61)12-2-5-17-55)44(79)67-28-42(78)70-38(15-10-21-59)52(87)76-29-32(54)24-40(76)50(85)74-39(25-33-27-64-30-68-33)49(84)73-36(14-4-7-19-57)47(82)72-37(16-11-23-66-53(62)63)48(83)71-35(13-3-6-18-56)46(81)65-22-9-8-20-58/h16,27,30-32,34-36,38-41,43,77H,2-15,17-26,28-29,55-61H2,1H3,(H,64,68)(H,65,81)(H,67,79)(H,69,86)(H,70,78)(H,71,83)(H,72,82)(H,73,84)(H,74,85)(H,75,80)(H4,62,63,66)/b37-16-/t31?,32-,34?,35+,36+,38-,39?,40+,41+,43+/m1/s1. The number of H-pyrrole nitrogens is 1. The number of unbranched alkanes of at least 4 members (excludes halogenated alkanes) is 4. The lowest BCUT2D eigenvalue weighted by molar-refractivity contribution is -0.142. The van der Waals surface area contributed by atoms with Gasteiger partial charge in [-0.05, 0) is 123 Å². The number of rotatable bonds is 44. The molecule has 1 fully saturated rings. The fourth-order valence-corrected chi connectivity index (χ4v) is 8.94. The van der Waals surface area contributed by atoms with Crippen LogP contribution in [0.2, 0.25) is 0 Å². The van der Waals surface area contributed by atoms with Gasteiger partial charge in [-0.1, -0.05) is 12.5 Å². The molecule has 10 atom stereocenters. The van der Waals surface area contributed by atoms with Gasteiger partial charge in [0.2, 0.25) is 53.2 Å². The van der Waals surface area contributed by atoms with Crippen LogP contribution >= 0.6 is 0 Å². The van der Waals surface area contributed by atoms with Gasteiger partial charge in [0, 0.05) is 44.4 Å². The van der Waals surface area contributed by atoms with E-state index in [4.69, 9.17) is 51.3 Å². The summed E-state index contributed by atoms with van der Waals surface area (Å²) in [6.07, 6.45) is 4.64. The van der Waals surface area contributed by atoms with Crippen molar-refractivity contribution in [1.82, 2.24) is 68.0 Å². The van der Waals surface area contributed by atoms with E-state index in [0.29, 0.717) is 83.2 Å². The Kier molecular flexibility index (Phi) is 36.8. The Morgan fingerprint density at radius 2 is 1.30 bits per heavy atom. The molecule has 1 saturated heterocycles. The molecule has 1 aliphatic rings. The van der Waals surface area contributed by atoms with Gasteiger partial charge < -0.3 is 114 Å². The van der Waals surface area contributed by atoms with Crippen LogP contribution in [-0.4, -0.2) is 211 Å². The molecule has 492 valence electrons. The van der Waals surface area contributed by atoms with Crippen molar-refractivity contribution in [2.24, 2.45) is 45.9 Å². The zero-order chi connectivity index (χ0) is 64.8. The van der Waals surface area contributed by atoms with Gasteiger partial charge in [0.15, 0.2) is 5.96 Å². The van der Waals surface area contributed by atoms with Crippen LogP contribution in [-0.2, 0) is 54.4 Å². The molecule has 0 aromatic carbocycles. The minimum atomic E-state index is -1.74. The number of imidazole rings is 1. The van der Waals surface area contributed by atoms with E-state index in [1.54, 1.807) is 0 Å². The molecule has 1 aromatic heterocycles. The number of likely N-dealkylation sites (tertiary alicyclic amines) is 1. The number of aromatic amines is 1. The molecule has 34 heteroatoms. The first kappa shape index (κ1) is 75.6. The average molecular weight is 1240 g/mol. The highest BCUT2D eigenvalue weighted by atomic mass is 19.1. The van der Waals surface area contributed by atoms with Crippen molar-refractivity contribution in [1.29, 1.82) is 5.41 Å². The maximum atomic E-state index is 15.5. The molecular weight excluding hydrogens is 1140 g/mol. The molecule has 2 rings (SSSR count). The summed E-state index contributed by atoms with van der Waals surface area (Å²) in [7, 11) is 0. The van der Waals surface area contributed by atoms with Crippen LogP contribution in [0.3, 0.4) is 0 Å². The number of guanidine groups is 1. The second-order valence-electron chi connectivity index (χ2n) is 21.0. The summed E-state index contributed by atoms with van der Waals surface area (Å²) in [6, 6.07) is -10.9. The van der Waals surface area contributed by atoms with Gasteiger partial charge in [0.05, 0.1) is 31.6 Å². The zero-order valence-corrected chi connectivity index (χ0v) is 49.8. The van der Waals surface area contributed by atoms with Crippen LogP contribution in [0.15, 0.2) is 24.3 Å². The summed E-state index contributed by atoms with van der Waals surface area (Å²) in [4.78, 5) is 145. The predicted molar refractivity (Wildman–Crippen MR) is 320 cm³/mol. The molecule has 0 radical (unpaired) electrons. The Hall–Kier alpha value is -7.47. The van der Waals surface area contributed by atoms with Crippen LogP contribution < -0.4 is 99.0 Å². The largest absolute Gasteiger partial charge is 0.389 e. The first-order chi connectivity index (χ1) is 41.5. The number of nitrogens with zero attached hydrogens (tertiary/aromatic N) is 2. The molecule has 2 heterocycles. The number of hydrogen-bond acceptors (Lipinski definition) is 20. The van der Waals surface area contributed by atoms with E-state index < -0.39 is 146 Å². The summed E-state index contributed by atoms with van der Waals surface area (Å²) in [5, 5.41) is 43.4. The molecule has 0 saturated carbocycles. The molecule has 29 N–H and O–H groups in total. The number of aliphatic hydroxyl groups excluding tert-OH is 1. The van der Waals surface area contributed by atoms with Gasteiger partial charge in [0.25, 0.3) is 5.91 Å². The van der Waals surface area contributed by atoms with Gasteiger partial charge in [-0.2, -0.15) is 0 Å². The SMILES string of the molecule is CC(NC(=O)[C@@H](NC(=O)C(N)CCCCN)[C@@H](O)CN)C(=O)NCC(=O)N[C@H](CCCN)C(=O)N1C[C@H](F)C[C@H]1C(=O)NC(Cc1cnc[nH]1)C(=O)N[C@@H](CCCCN)C(=O)N/C(=C\CCNC(=N)N)C(=O)N[C@@H](CCCCN)C(=O)NCCCCN. The van der Waals surface area contributed by atoms with Crippen molar-refractivity contribution < 1.29 is 57.4 Å². The molecule has 33 nitrogen and oxygen atoms in total. The highest BCUT2D eigenvalue weighted by Gasteiger charge is 2.43. The van der Waals surface area contributed by atoms with E-state index in [-0.39, 0.29) is 76.2 Å². The van der Waals surface area contributed by atoms with E-state index >= 15 is 4.39 Å². The second-order valence-corrected chi connectivity index (χ2v) is 21.0. The normalized spacial score (nSPS) is 16.7. The van der Waals surface area contributed by atoms with Crippen molar-refractivity contribution in [3.63, 3.8) is 0 Å². The predicted octanol–water partition coefficient (Wildman–Crippen LogP) is -7.56. The molecular formula is C53H97FN22O11. The summed E-state index contributed by atoms with van der Waals surface area (Å²) >= 11 is 0. The molecule has 0 bridgehead atoms. The van der Waals surface area contributed by atoms with E-state index in [2.05, 4.69) is 63.1 Å². The Bertz CT molecular complexity index is 2370. The van der Waals surface area contributed by atoms with Crippen LogP contribution in [0, 0.1) is 5.41 Å². The van der Waals surface area contributed by atoms with Crippen LogP contribution in [0.1, 0.15) is 109 Å². The molecule has 3 unspecified atom stereocenters. The molecule has 10 amide bonds. The topological polar surface area (TPSA) is 575 Å². The third-order valence-electron chi connectivity index (χ3n) is 13.9. The average Bonchev–Trinajstić information content (AvgIpc) is 2.43. The van der Waals surface area contributed by atoms with E-state index in [0.717, 1.165) is 4.90 Å². The quantitative estimate of drug-likeness (QED) is 0.0125. The Morgan fingerprint density at radius 3 is 1.90 bits per heavy atom. The number of alkyl halides is 1. The molecule has 0 spiro atoms. The number of nitrogens with two attached hydrogens (primary N) is 8. The van der Waals surface area contributed by atoms with Gasteiger partial charge in [-0.15, -0.1) is 0 Å². The van der Waals surface area contributed by atoms with Crippen LogP contribution in [0.5, 0.6) is 0 Å². The molecule has 0 aliphatic carbocycles. The fraction of sp³-hybridized carbons (Fsp3) is 0.698. The van der Waals surface area contributed by atoms with Crippen molar-refractivity contribution in [2.45, 2.75) is 170 Å². The van der Waals surface area contributed by atoms with Crippen molar-refractivity contribution in [2.75, 3.05) is 65.4 Å². The second kappa shape index (κ2) is 42.4. The molecule has 1 aromatic rings. The third kappa shape index (κ3) is 28.7. The summed E-state index contributed by atoms with van der Waals surface area (Å²) in [5.74, 6) is -8.86. The maximum absolute atomic E-state index is 15.5.